The molecule has 3 N–H and O–H groups in total. The second-order valence-electron chi connectivity index (χ2n) is 3.62. The molecule has 0 saturated carbocycles. The van der Waals surface area contributed by atoms with E-state index < -0.39 is 0 Å². The molecule has 6 heteroatoms. The number of nitrogens with one attached hydrogen (secondary N) is 1. The van der Waals surface area contributed by atoms with E-state index in [-0.39, 0.29) is 0 Å². The Balaban J connectivity index is 2.23. The van der Waals surface area contributed by atoms with Crippen LogP contribution in [0.4, 0.5) is 5.82 Å². The Kier molecular flexibility index (Phi) is 1.70. The number of aryl methyl sites for hydroxylation is 1. The largest absolute Gasteiger partial charge is 0.383 e. The van der Waals surface area contributed by atoms with Gasteiger partial charge in [0.25, 0.3) is 0 Å². The van der Waals surface area contributed by atoms with E-state index in [2.05, 4.69) is 20.1 Å². The molecule has 0 amide bonds. The van der Waals surface area contributed by atoms with E-state index in [1.165, 1.54) is 6.33 Å². The van der Waals surface area contributed by atoms with E-state index >= 15 is 0 Å². The highest BCUT2D eigenvalue weighted by molar-refractivity contribution is 5.80. The number of aromatic nitrogens is 5. The normalized spacial score (nSPS) is 11.1. The molecule has 0 atom stereocenters. The molecule has 0 spiro atoms. The van der Waals surface area contributed by atoms with Crippen LogP contribution in [0.2, 0.25) is 0 Å². The molecule has 0 aliphatic heterocycles. The van der Waals surface area contributed by atoms with Crippen molar-refractivity contribution < 1.29 is 0 Å². The summed E-state index contributed by atoms with van der Waals surface area (Å²) in [6, 6.07) is 3.86. The monoisotopic (exact) mass is 214 g/mol. The molecule has 3 aromatic rings. The van der Waals surface area contributed by atoms with E-state index in [4.69, 9.17) is 5.73 Å². The summed E-state index contributed by atoms with van der Waals surface area (Å²) in [5.41, 5.74) is 8.48. The molecule has 6 nitrogen and oxygen atoms in total. The number of rotatable bonds is 1. The maximum Gasteiger partial charge on any atom is 0.138 e. The third-order valence-electron chi connectivity index (χ3n) is 2.48. The number of hydrogen-bond donors (Lipinski definition) is 2. The lowest BCUT2D eigenvalue weighted by atomic mass is 10.2. The molecule has 3 aromatic heterocycles. The van der Waals surface area contributed by atoms with Gasteiger partial charge in [-0.05, 0) is 18.6 Å². The molecular weight excluding hydrogens is 204 g/mol. The second-order valence-corrected chi connectivity index (χ2v) is 3.62. The first-order valence-electron chi connectivity index (χ1n) is 4.85. The van der Waals surface area contributed by atoms with Crippen molar-refractivity contribution in [2.45, 2.75) is 6.92 Å². The van der Waals surface area contributed by atoms with E-state index in [1.54, 1.807) is 11.0 Å². The van der Waals surface area contributed by atoms with Gasteiger partial charge in [0.1, 0.15) is 24.3 Å². The standard InChI is InChI=1S/C10H10N6/c1-6-2-7-8(15-10(6)11)3-9(14-7)16-5-12-4-13-16/h2-5,14H,1H3,(H2,11,15). The molecule has 0 unspecified atom stereocenters. The lowest BCUT2D eigenvalue weighted by Crippen LogP contribution is -1.93. The summed E-state index contributed by atoms with van der Waals surface area (Å²) < 4.78 is 1.65. The third kappa shape index (κ3) is 1.23. The number of nitrogens with two attached hydrogens (primary N) is 1. The SMILES string of the molecule is Cc1cc2[nH]c(-n3cncn3)cc2nc1N. The Morgan fingerprint density at radius 2 is 2.25 bits per heavy atom. The first kappa shape index (κ1) is 8.90. The van der Waals surface area contributed by atoms with Crippen molar-refractivity contribution in [2.75, 3.05) is 5.73 Å². The summed E-state index contributed by atoms with van der Waals surface area (Å²) in [5, 5.41) is 4.04. The lowest BCUT2D eigenvalue weighted by Gasteiger charge is -1.97. The van der Waals surface area contributed by atoms with Gasteiger partial charge in [-0.3, -0.25) is 0 Å². The number of pyridine rings is 1. The number of anilines is 1. The Morgan fingerprint density at radius 1 is 1.38 bits per heavy atom. The fraction of sp³-hybridized carbons (Fsp3) is 0.100. The average molecular weight is 214 g/mol. The smallest absolute Gasteiger partial charge is 0.138 e. The molecule has 3 rings (SSSR count). The molecule has 0 aliphatic rings. The summed E-state index contributed by atoms with van der Waals surface area (Å²) >= 11 is 0. The Labute approximate surface area is 91.1 Å². The van der Waals surface area contributed by atoms with Crippen molar-refractivity contribution in [1.29, 1.82) is 0 Å². The predicted molar refractivity (Wildman–Crippen MR) is 60.2 cm³/mol. The number of hydrogen-bond acceptors (Lipinski definition) is 4. The van der Waals surface area contributed by atoms with Crippen molar-refractivity contribution in [3.8, 4) is 5.82 Å². The van der Waals surface area contributed by atoms with Crippen molar-refractivity contribution in [3.05, 3.63) is 30.4 Å². The first-order valence-corrected chi connectivity index (χ1v) is 4.85. The molecule has 0 aromatic carbocycles. The maximum absolute atomic E-state index is 5.75. The molecule has 3 heterocycles. The van der Waals surface area contributed by atoms with Crippen LogP contribution in [0, 0.1) is 6.92 Å². The van der Waals surface area contributed by atoms with Crippen LogP contribution in [0.25, 0.3) is 16.9 Å². The molecule has 0 bridgehead atoms. The molecule has 0 radical (unpaired) electrons. The average Bonchev–Trinajstić information content (AvgIpc) is 2.86. The van der Waals surface area contributed by atoms with E-state index in [0.717, 1.165) is 22.4 Å². The zero-order valence-corrected chi connectivity index (χ0v) is 8.68. The topological polar surface area (TPSA) is 85.4 Å². The van der Waals surface area contributed by atoms with E-state index in [0.29, 0.717) is 5.82 Å². The van der Waals surface area contributed by atoms with Crippen LogP contribution in [0.1, 0.15) is 5.56 Å². The molecule has 80 valence electrons. The van der Waals surface area contributed by atoms with Gasteiger partial charge in [-0.1, -0.05) is 0 Å². The van der Waals surface area contributed by atoms with E-state index in [1.807, 2.05) is 19.1 Å². The number of aromatic amines is 1. The predicted octanol–water partition coefficient (Wildman–Crippen LogP) is 1.03. The second kappa shape index (κ2) is 3.06. The lowest BCUT2D eigenvalue weighted by molar-refractivity contribution is 0.856. The van der Waals surface area contributed by atoms with Gasteiger partial charge in [-0.25, -0.2) is 14.6 Å². The van der Waals surface area contributed by atoms with Crippen LogP contribution in [-0.2, 0) is 0 Å². The van der Waals surface area contributed by atoms with Gasteiger partial charge < -0.3 is 10.7 Å². The number of fused-ring (bicyclic) bond motifs is 1. The zero-order valence-electron chi connectivity index (χ0n) is 8.68. The summed E-state index contributed by atoms with van der Waals surface area (Å²) in [6.45, 7) is 1.93. The van der Waals surface area contributed by atoms with Crippen LogP contribution in [0.15, 0.2) is 24.8 Å². The summed E-state index contributed by atoms with van der Waals surface area (Å²) in [6.07, 6.45) is 3.11. The maximum atomic E-state index is 5.75. The molecule has 0 fully saturated rings. The van der Waals surface area contributed by atoms with Crippen molar-refractivity contribution in [3.63, 3.8) is 0 Å². The highest BCUT2D eigenvalue weighted by Crippen LogP contribution is 2.19. The molecular formula is C10H10N6. The van der Waals surface area contributed by atoms with Crippen LogP contribution >= 0.6 is 0 Å². The van der Waals surface area contributed by atoms with Gasteiger partial charge in [-0.2, -0.15) is 5.10 Å². The fourth-order valence-electron chi connectivity index (χ4n) is 1.61. The molecule has 16 heavy (non-hydrogen) atoms. The Hall–Kier alpha value is -2.37. The van der Waals surface area contributed by atoms with Crippen molar-refractivity contribution in [2.24, 2.45) is 0 Å². The summed E-state index contributed by atoms with van der Waals surface area (Å²) in [7, 11) is 0. The quantitative estimate of drug-likeness (QED) is 0.633. The first-order chi connectivity index (χ1) is 7.74. The van der Waals surface area contributed by atoms with Crippen molar-refractivity contribution >= 4 is 16.9 Å². The molecule has 0 aliphatic carbocycles. The van der Waals surface area contributed by atoms with Gasteiger partial charge in [0.15, 0.2) is 0 Å². The minimum absolute atomic E-state index is 0.552. The van der Waals surface area contributed by atoms with Crippen molar-refractivity contribution in [1.82, 2.24) is 24.7 Å². The van der Waals surface area contributed by atoms with Crippen LogP contribution in [-0.4, -0.2) is 24.7 Å². The van der Waals surface area contributed by atoms with Gasteiger partial charge in [0, 0.05) is 6.07 Å². The van der Waals surface area contributed by atoms with Gasteiger partial charge in [0.2, 0.25) is 0 Å². The minimum Gasteiger partial charge on any atom is -0.383 e. The molecule has 0 saturated heterocycles. The van der Waals surface area contributed by atoms with Gasteiger partial charge in [0.05, 0.1) is 11.0 Å². The Bertz CT molecular complexity index is 598. The zero-order chi connectivity index (χ0) is 11.1. The minimum atomic E-state index is 0.552. The summed E-state index contributed by atoms with van der Waals surface area (Å²) in [4.78, 5) is 11.4. The highest BCUT2D eigenvalue weighted by atomic mass is 15.3. The van der Waals surface area contributed by atoms with E-state index in [9.17, 15) is 0 Å². The number of nitrogens with zero attached hydrogens (tertiary/aromatic N) is 4. The Morgan fingerprint density at radius 3 is 3.00 bits per heavy atom. The van der Waals surface area contributed by atoms with Gasteiger partial charge in [-0.15, -0.1) is 0 Å². The fourth-order valence-corrected chi connectivity index (χ4v) is 1.61. The third-order valence-corrected chi connectivity index (χ3v) is 2.48. The van der Waals surface area contributed by atoms with Gasteiger partial charge >= 0.3 is 0 Å². The number of H-pyrrole nitrogens is 1. The van der Waals surface area contributed by atoms with Crippen LogP contribution < -0.4 is 5.73 Å². The highest BCUT2D eigenvalue weighted by Gasteiger charge is 2.06. The van der Waals surface area contributed by atoms with Crippen LogP contribution in [0.3, 0.4) is 0 Å². The summed E-state index contributed by atoms with van der Waals surface area (Å²) in [5.74, 6) is 1.38. The number of nitrogen functional groups attached to an aromatic ring is 1. The van der Waals surface area contributed by atoms with Crippen LogP contribution in [0.5, 0.6) is 0 Å².